The topological polar surface area (TPSA) is 70.5 Å². The van der Waals surface area contributed by atoms with Crippen LogP contribution in [0.15, 0.2) is 81.1 Å². The number of carbonyl (C=O) groups excluding carboxylic acids is 1. The van der Waals surface area contributed by atoms with E-state index >= 15 is 0 Å². The van der Waals surface area contributed by atoms with E-state index in [2.05, 4.69) is 11.4 Å². The van der Waals surface area contributed by atoms with Crippen molar-refractivity contribution in [2.75, 3.05) is 20.6 Å². The Balaban J connectivity index is 1.77. The van der Waals surface area contributed by atoms with Gasteiger partial charge in [0.1, 0.15) is 6.07 Å². The minimum Gasteiger partial charge on any atom is -0.463 e. The van der Waals surface area contributed by atoms with Gasteiger partial charge in [0.25, 0.3) is 5.91 Å². The number of amides is 1. The quantitative estimate of drug-likeness (QED) is 0.649. The Bertz CT molecular complexity index is 977. The van der Waals surface area contributed by atoms with Gasteiger partial charge in [-0.05, 0) is 36.4 Å². The number of carbonyl (C=O) groups is 1. The van der Waals surface area contributed by atoms with Crippen LogP contribution in [0, 0.1) is 11.3 Å². The SMILES string of the molecule is C[NH+](C)[C@H](CNC(=O)c1ccccc1Sc1ccccc1C#N)c1ccco1. The Morgan fingerprint density at radius 2 is 1.82 bits per heavy atom. The van der Waals surface area contributed by atoms with E-state index in [1.54, 1.807) is 18.4 Å². The van der Waals surface area contributed by atoms with Gasteiger partial charge in [-0.2, -0.15) is 5.26 Å². The lowest BCUT2D eigenvalue weighted by Gasteiger charge is -2.20. The van der Waals surface area contributed by atoms with Crippen molar-refractivity contribution in [2.45, 2.75) is 15.8 Å². The Morgan fingerprint density at radius 1 is 1.11 bits per heavy atom. The van der Waals surface area contributed by atoms with Crippen molar-refractivity contribution in [3.63, 3.8) is 0 Å². The standard InChI is InChI=1S/C22H21N3O2S/c1-25(2)18(19-10-7-13-27-19)15-24-22(26)17-9-4-6-12-21(17)28-20-11-5-3-8-16(20)14-23/h3-13,18H,15H2,1-2H3,(H,24,26)/p+1/t18-/m1/s1. The molecule has 0 saturated heterocycles. The average molecular weight is 393 g/mol. The molecule has 6 heteroatoms. The van der Waals surface area contributed by atoms with Crippen molar-refractivity contribution >= 4 is 17.7 Å². The van der Waals surface area contributed by atoms with E-state index in [4.69, 9.17) is 4.42 Å². The molecule has 28 heavy (non-hydrogen) atoms. The van der Waals surface area contributed by atoms with E-state index in [-0.39, 0.29) is 11.9 Å². The van der Waals surface area contributed by atoms with Crippen LogP contribution in [0.1, 0.15) is 27.7 Å². The molecule has 1 amide bonds. The zero-order chi connectivity index (χ0) is 19.9. The fourth-order valence-electron chi connectivity index (χ4n) is 2.88. The lowest BCUT2D eigenvalue weighted by atomic mass is 10.1. The van der Waals surface area contributed by atoms with E-state index in [0.29, 0.717) is 17.7 Å². The average Bonchev–Trinajstić information content (AvgIpc) is 3.23. The molecule has 0 bridgehead atoms. The predicted molar refractivity (Wildman–Crippen MR) is 108 cm³/mol. The third-order valence-corrected chi connectivity index (χ3v) is 5.56. The van der Waals surface area contributed by atoms with Crippen LogP contribution in [0.2, 0.25) is 0 Å². The van der Waals surface area contributed by atoms with Crippen LogP contribution in [-0.4, -0.2) is 26.5 Å². The van der Waals surface area contributed by atoms with Crippen LogP contribution >= 0.6 is 11.8 Å². The summed E-state index contributed by atoms with van der Waals surface area (Å²) < 4.78 is 5.52. The molecule has 2 N–H and O–H groups in total. The number of benzene rings is 2. The summed E-state index contributed by atoms with van der Waals surface area (Å²) in [5.74, 6) is 0.696. The predicted octanol–water partition coefficient (Wildman–Crippen LogP) is 2.92. The molecule has 0 unspecified atom stereocenters. The fourth-order valence-corrected chi connectivity index (χ4v) is 3.90. The number of hydrogen-bond acceptors (Lipinski definition) is 4. The van der Waals surface area contributed by atoms with Crippen LogP contribution in [0.5, 0.6) is 0 Å². The first-order valence-electron chi connectivity index (χ1n) is 8.97. The van der Waals surface area contributed by atoms with Gasteiger partial charge < -0.3 is 14.6 Å². The van der Waals surface area contributed by atoms with Crippen molar-refractivity contribution in [3.8, 4) is 6.07 Å². The zero-order valence-electron chi connectivity index (χ0n) is 15.8. The molecule has 142 valence electrons. The summed E-state index contributed by atoms with van der Waals surface area (Å²) in [6.07, 6.45) is 1.64. The van der Waals surface area contributed by atoms with Crippen molar-refractivity contribution in [1.82, 2.24) is 5.32 Å². The van der Waals surface area contributed by atoms with E-state index in [1.807, 2.05) is 62.6 Å². The minimum atomic E-state index is -0.143. The van der Waals surface area contributed by atoms with Crippen LogP contribution in [0.3, 0.4) is 0 Å². The van der Waals surface area contributed by atoms with Gasteiger partial charge in [-0.1, -0.05) is 36.0 Å². The van der Waals surface area contributed by atoms with E-state index < -0.39 is 0 Å². The highest BCUT2D eigenvalue weighted by Gasteiger charge is 2.22. The highest BCUT2D eigenvalue weighted by Crippen LogP contribution is 2.32. The number of nitrogens with zero attached hydrogens (tertiary/aromatic N) is 1. The molecule has 0 saturated carbocycles. The number of quaternary nitrogens is 1. The molecule has 0 aliphatic carbocycles. The van der Waals surface area contributed by atoms with Crippen LogP contribution in [0.4, 0.5) is 0 Å². The monoisotopic (exact) mass is 392 g/mol. The summed E-state index contributed by atoms with van der Waals surface area (Å²) in [5, 5.41) is 12.3. The Labute approximate surface area is 169 Å². The van der Waals surface area contributed by atoms with E-state index in [9.17, 15) is 10.1 Å². The van der Waals surface area contributed by atoms with Crippen molar-refractivity contribution in [2.24, 2.45) is 0 Å². The summed E-state index contributed by atoms with van der Waals surface area (Å²) >= 11 is 1.43. The normalized spacial score (nSPS) is 11.8. The summed E-state index contributed by atoms with van der Waals surface area (Å²) in [5.41, 5.74) is 1.18. The van der Waals surface area contributed by atoms with Gasteiger partial charge in [0.15, 0.2) is 11.8 Å². The van der Waals surface area contributed by atoms with Crippen molar-refractivity contribution < 1.29 is 14.1 Å². The van der Waals surface area contributed by atoms with Gasteiger partial charge in [0.05, 0.1) is 38.0 Å². The van der Waals surface area contributed by atoms with Crippen LogP contribution in [0.25, 0.3) is 0 Å². The number of rotatable bonds is 7. The Kier molecular flexibility index (Phi) is 6.53. The molecule has 2 aromatic carbocycles. The van der Waals surface area contributed by atoms with Gasteiger partial charge in [-0.3, -0.25) is 4.79 Å². The molecule has 1 aromatic heterocycles. The highest BCUT2D eigenvalue weighted by atomic mass is 32.2. The first kappa shape index (κ1) is 19.7. The first-order valence-corrected chi connectivity index (χ1v) is 9.79. The lowest BCUT2D eigenvalue weighted by molar-refractivity contribution is -0.891. The number of furan rings is 1. The molecule has 3 aromatic rings. The molecule has 0 radical (unpaired) electrons. The molecule has 0 aliphatic rings. The first-order chi connectivity index (χ1) is 13.6. The van der Waals surface area contributed by atoms with Gasteiger partial charge in [-0.15, -0.1) is 0 Å². The molecule has 0 spiro atoms. The van der Waals surface area contributed by atoms with Crippen LogP contribution < -0.4 is 10.2 Å². The summed E-state index contributed by atoms with van der Waals surface area (Å²) in [6.45, 7) is 0.461. The fraction of sp³-hybridized carbons (Fsp3) is 0.182. The smallest absolute Gasteiger partial charge is 0.252 e. The van der Waals surface area contributed by atoms with Gasteiger partial charge in [-0.25, -0.2) is 0 Å². The van der Waals surface area contributed by atoms with Crippen molar-refractivity contribution in [1.29, 1.82) is 5.26 Å². The summed E-state index contributed by atoms with van der Waals surface area (Å²) in [6, 6.07) is 20.8. The summed E-state index contributed by atoms with van der Waals surface area (Å²) in [7, 11) is 4.06. The van der Waals surface area contributed by atoms with Crippen molar-refractivity contribution in [3.05, 3.63) is 83.8 Å². The molecule has 1 heterocycles. The van der Waals surface area contributed by atoms with Gasteiger partial charge in [0, 0.05) is 9.79 Å². The maximum atomic E-state index is 12.9. The second kappa shape index (κ2) is 9.27. The van der Waals surface area contributed by atoms with Gasteiger partial charge >= 0.3 is 0 Å². The zero-order valence-corrected chi connectivity index (χ0v) is 16.6. The number of nitrogens with one attached hydrogen (secondary N) is 2. The maximum Gasteiger partial charge on any atom is 0.252 e. The van der Waals surface area contributed by atoms with E-state index in [1.165, 1.54) is 16.7 Å². The minimum absolute atomic E-state index is 0.0260. The molecule has 0 aliphatic heterocycles. The van der Waals surface area contributed by atoms with Crippen LogP contribution in [-0.2, 0) is 0 Å². The molecule has 1 atom stereocenters. The molecule has 3 rings (SSSR count). The third kappa shape index (κ3) is 4.63. The molecular formula is C22H22N3O2S+. The number of nitriles is 1. The van der Waals surface area contributed by atoms with Gasteiger partial charge in [0.2, 0.25) is 0 Å². The van der Waals surface area contributed by atoms with E-state index in [0.717, 1.165) is 15.6 Å². The second-order valence-corrected chi connectivity index (χ2v) is 7.65. The Morgan fingerprint density at radius 3 is 2.50 bits per heavy atom. The highest BCUT2D eigenvalue weighted by molar-refractivity contribution is 7.99. The number of hydrogen-bond donors (Lipinski definition) is 2. The summed E-state index contributed by atoms with van der Waals surface area (Å²) in [4.78, 5) is 15.7. The molecular weight excluding hydrogens is 370 g/mol. The number of likely N-dealkylation sites (N-methyl/N-ethyl adjacent to an activating group) is 1. The lowest BCUT2D eigenvalue weighted by Crippen LogP contribution is -3.07. The Hall–Kier alpha value is -3.01. The largest absolute Gasteiger partial charge is 0.463 e. The molecule has 0 fully saturated rings. The third-order valence-electron chi connectivity index (χ3n) is 4.41. The molecule has 5 nitrogen and oxygen atoms in total. The second-order valence-electron chi connectivity index (χ2n) is 6.56. The maximum absolute atomic E-state index is 12.9.